The van der Waals surface area contributed by atoms with Crippen molar-refractivity contribution in [3.8, 4) is 0 Å². The summed E-state index contributed by atoms with van der Waals surface area (Å²) in [5.41, 5.74) is 2.22. The molecule has 1 aromatic heterocycles. The van der Waals surface area contributed by atoms with Gasteiger partial charge in [0, 0.05) is 21.8 Å². The van der Waals surface area contributed by atoms with E-state index in [4.69, 9.17) is 0 Å². The molecule has 2 unspecified atom stereocenters. The molecule has 0 aliphatic carbocycles. The van der Waals surface area contributed by atoms with Crippen LogP contribution in [0.3, 0.4) is 0 Å². The molecule has 1 aliphatic rings. The molecular formula is C14H16N2O2S. The lowest BCUT2D eigenvalue weighted by Gasteiger charge is -2.20. The zero-order chi connectivity index (χ0) is 13.6. The molecule has 1 aliphatic heterocycles. The molecule has 4 nitrogen and oxygen atoms in total. The molecule has 0 bridgehead atoms. The molecule has 100 valence electrons. The van der Waals surface area contributed by atoms with Crippen LogP contribution >= 0.6 is 11.8 Å². The number of H-pyrrole nitrogens is 1. The zero-order valence-corrected chi connectivity index (χ0v) is 11.6. The highest BCUT2D eigenvalue weighted by atomic mass is 32.2. The van der Waals surface area contributed by atoms with E-state index in [1.54, 1.807) is 11.8 Å². The van der Waals surface area contributed by atoms with Crippen molar-refractivity contribution in [3.05, 3.63) is 36.0 Å². The SMILES string of the molecule is CC1(C)SC(c2cccc3[nH]ccc23)NC1C(=O)O. The third kappa shape index (κ3) is 2.03. The maximum Gasteiger partial charge on any atom is 0.322 e. The normalized spacial score (nSPS) is 25.8. The molecule has 3 N–H and O–H groups in total. The summed E-state index contributed by atoms with van der Waals surface area (Å²) in [6.07, 6.45) is 1.91. The number of hydrogen-bond acceptors (Lipinski definition) is 3. The van der Waals surface area contributed by atoms with Gasteiger partial charge in [-0.25, -0.2) is 0 Å². The average Bonchev–Trinajstić information content (AvgIpc) is 2.91. The van der Waals surface area contributed by atoms with E-state index < -0.39 is 12.0 Å². The Morgan fingerprint density at radius 3 is 2.84 bits per heavy atom. The van der Waals surface area contributed by atoms with Gasteiger partial charge < -0.3 is 10.1 Å². The predicted octanol–water partition coefficient (Wildman–Crippen LogP) is 2.73. The van der Waals surface area contributed by atoms with Crippen molar-refractivity contribution in [1.82, 2.24) is 10.3 Å². The molecule has 2 aromatic rings. The van der Waals surface area contributed by atoms with Crippen molar-refractivity contribution in [2.75, 3.05) is 0 Å². The number of fused-ring (bicyclic) bond motifs is 1. The summed E-state index contributed by atoms with van der Waals surface area (Å²) >= 11 is 1.67. The van der Waals surface area contributed by atoms with Gasteiger partial charge in [0.15, 0.2) is 0 Å². The fraction of sp³-hybridized carbons (Fsp3) is 0.357. The number of thioether (sulfide) groups is 1. The van der Waals surface area contributed by atoms with Crippen molar-refractivity contribution in [2.24, 2.45) is 0 Å². The van der Waals surface area contributed by atoms with Gasteiger partial charge in [0.1, 0.15) is 6.04 Å². The van der Waals surface area contributed by atoms with Gasteiger partial charge in [-0.1, -0.05) is 12.1 Å². The lowest BCUT2D eigenvalue weighted by atomic mass is 10.0. The number of aliphatic carboxylic acids is 1. The second kappa shape index (κ2) is 4.28. The fourth-order valence-electron chi connectivity index (χ4n) is 2.62. The van der Waals surface area contributed by atoms with Gasteiger partial charge in [0.25, 0.3) is 0 Å². The summed E-state index contributed by atoms with van der Waals surface area (Å²) in [4.78, 5) is 14.5. The molecule has 1 aromatic carbocycles. The van der Waals surface area contributed by atoms with E-state index >= 15 is 0 Å². The number of benzene rings is 1. The quantitative estimate of drug-likeness (QED) is 0.789. The van der Waals surface area contributed by atoms with Crippen LogP contribution in [-0.4, -0.2) is 26.8 Å². The smallest absolute Gasteiger partial charge is 0.322 e. The number of carboxylic acid groups (broad SMARTS) is 1. The molecule has 3 rings (SSSR count). The maximum atomic E-state index is 11.3. The average molecular weight is 276 g/mol. The maximum absolute atomic E-state index is 11.3. The van der Waals surface area contributed by atoms with E-state index in [2.05, 4.69) is 16.4 Å². The number of aromatic amines is 1. The Kier molecular flexibility index (Phi) is 2.83. The highest BCUT2D eigenvalue weighted by Gasteiger charge is 2.45. The summed E-state index contributed by atoms with van der Waals surface area (Å²) < 4.78 is -0.324. The van der Waals surface area contributed by atoms with Crippen LogP contribution in [0.2, 0.25) is 0 Å². The van der Waals surface area contributed by atoms with Crippen LogP contribution in [0.1, 0.15) is 24.8 Å². The van der Waals surface area contributed by atoms with Crippen molar-refractivity contribution in [1.29, 1.82) is 0 Å². The second-order valence-electron chi connectivity index (χ2n) is 5.33. The van der Waals surface area contributed by atoms with Gasteiger partial charge >= 0.3 is 5.97 Å². The number of rotatable bonds is 2. The number of carboxylic acids is 1. The highest BCUT2D eigenvalue weighted by Crippen LogP contribution is 2.47. The fourth-order valence-corrected chi connectivity index (χ4v) is 4.07. The molecule has 2 atom stereocenters. The Morgan fingerprint density at radius 1 is 1.37 bits per heavy atom. The number of aromatic nitrogens is 1. The van der Waals surface area contributed by atoms with Crippen LogP contribution in [0.15, 0.2) is 30.5 Å². The first kappa shape index (κ1) is 12.6. The van der Waals surface area contributed by atoms with Gasteiger partial charge in [0.2, 0.25) is 0 Å². The minimum absolute atomic E-state index is 0.00981. The van der Waals surface area contributed by atoms with Crippen LogP contribution in [0.25, 0.3) is 10.9 Å². The minimum Gasteiger partial charge on any atom is -0.480 e. The first-order valence-corrected chi connectivity index (χ1v) is 7.10. The van der Waals surface area contributed by atoms with Crippen molar-refractivity contribution < 1.29 is 9.90 Å². The van der Waals surface area contributed by atoms with Crippen LogP contribution in [0, 0.1) is 0 Å². The molecule has 0 amide bonds. The van der Waals surface area contributed by atoms with Crippen molar-refractivity contribution >= 4 is 28.6 Å². The molecule has 1 saturated heterocycles. The molecule has 0 saturated carbocycles. The Morgan fingerprint density at radius 2 is 2.16 bits per heavy atom. The van der Waals surface area contributed by atoms with Crippen LogP contribution < -0.4 is 5.32 Å². The van der Waals surface area contributed by atoms with Crippen LogP contribution in [0.4, 0.5) is 0 Å². The van der Waals surface area contributed by atoms with Crippen molar-refractivity contribution in [2.45, 2.75) is 30.0 Å². The van der Waals surface area contributed by atoms with E-state index in [1.165, 1.54) is 0 Å². The summed E-state index contributed by atoms with van der Waals surface area (Å²) in [6.45, 7) is 3.95. The molecule has 0 spiro atoms. The van der Waals surface area contributed by atoms with Gasteiger partial charge in [0.05, 0.1) is 5.37 Å². The lowest BCUT2D eigenvalue weighted by Crippen LogP contribution is -2.43. The molecular weight excluding hydrogens is 260 g/mol. The molecule has 1 fully saturated rings. The largest absolute Gasteiger partial charge is 0.480 e. The third-order valence-corrected chi connectivity index (χ3v) is 5.06. The minimum atomic E-state index is -0.791. The van der Waals surface area contributed by atoms with E-state index in [9.17, 15) is 9.90 Å². The monoisotopic (exact) mass is 276 g/mol. The van der Waals surface area contributed by atoms with Crippen LogP contribution in [-0.2, 0) is 4.79 Å². The van der Waals surface area contributed by atoms with Gasteiger partial charge in [-0.2, -0.15) is 0 Å². The van der Waals surface area contributed by atoms with E-state index in [0.29, 0.717) is 0 Å². The Hall–Kier alpha value is -1.46. The van der Waals surface area contributed by atoms with Gasteiger partial charge in [-0.15, -0.1) is 11.8 Å². The molecule has 5 heteroatoms. The molecule has 2 heterocycles. The summed E-state index contributed by atoms with van der Waals surface area (Å²) in [5.74, 6) is -0.791. The van der Waals surface area contributed by atoms with Gasteiger partial charge in [-0.3, -0.25) is 10.1 Å². The highest BCUT2D eigenvalue weighted by molar-refractivity contribution is 8.01. The van der Waals surface area contributed by atoms with E-state index in [1.807, 2.05) is 38.2 Å². The lowest BCUT2D eigenvalue weighted by molar-refractivity contribution is -0.139. The van der Waals surface area contributed by atoms with E-state index in [-0.39, 0.29) is 10.1 Å². The van der Waals surface area contributed by atoms with Crippen molar-refractivity contribution in [3.63, 3.8) is 0 Å². The van der Waals surface area contributed by atoms with Crippen LogP contribution in [0.5, 0.6) is 0 Å². The van der Waals surface area contributed by atoms with Gasteiger partial charge in [-0.05, 0) is 31.5 Å². The number of hydrogen-bond donors (Lipinski definition) is 3. The second-order valence-corrected chi connectivity index (χ2v) is 7.08. The molecule has 19 heavy (non-hydrogen) atoms. The summed E-state index contributed by atoms with van der Waals surface area (Å²) in [6, 6.07) is 7.59. The predicted molar refractivity (Wildman–Crippen MR) is 77.3 cm³/mol. The Balaban J connectivity index is 2.00. The molecule has 0 radical (unpaired) electrons. The number of nitrogens with one attached hydrogen (secondary N) is 2. The third-order valence-electron chi connectivity index (χ3n) is 3.59. The standard InChI is InChI=1S/C14H16N2O2S/c1-14(2)11(13(17)18)16-12(19-14)9-4-3-5-10-8(9)6-7-15-10/h3-7,11-12,15-16H,1-2H3,(H,17,18). The topological polar surface area (TPSA) is 65.1 Å². The summed E-state index contributed by atoms with van der Waals surface area (Å²) in [5, 5.41) is 13.7. The first-order chi connectivity index (χ1) is 8.99. The first-order valence-electron chi connectivity index (χ1n) is 6.22. The Bertz CT molecular complexity index is 635. The van der Waals surface area contributed by atoms with E-state index in [0.717, 1.165) is 16.5 Å². The Labute approximate surface area is 115 Å². The summed E-state index contributed by atoms with van der Waals surface area (Å²) in [7, 11) is 0. The zero-order valence-electron chi connectivity index (χ0n) is 10.8. The number of carbonyl (C=O) groups is 1.